The Hall–Kier alpha value is -2.34. The largest absolute Gasteiger partial charge is 0.0988 e. The molecule has 0 saturated carbocycles. The second-order valence-corrected chi connectivity index (χ2v) is 5.77. The normalized spacial score (nSPS) is 11.0. The molecule has 2 aromatic carbocycles. The molecule has 0 nitrogen and oxygen atoms in total. The van der Waals surface area contributed by atoms with E-state index in [9.17, 15) is 0 Å². The molecule has 128 valence electrons. The molecule has 0 N–H and O–H groups in total. The van der Waals surface area contributed by atoms with Crippen molar-refractivity contribution in [2.75, 3.05) is 0 Å². The van der Waals surface area contributed by atoms with Crippen molar-refractivity contribution >= 4 is 5.57 Å². The van der Waals surface area contributed by atoms with Gasteiger partial charge in [0, 0.05) is 0 Å². The second-order valence-electron chi connectivity index (χ2n) is 5.77. The predicted molar refractivity (Wildman–Crippen MR) is 111 cm³/mol. The summed E-state index contributed by atoms with van der Waals surface area (Å²) in [6, 6.07) is 16.8. The summed E-state index contributed by atoms with van der Waals surface area (Å²) in [5.41, 5.74) is 7.70. The fourth-order valence-electron chi connectivity index (χ4n) is 2.27. The average Bonchev–Trinajstić information content (AvgIpc) is 2.56. The monoisotopic (exact) mass is 320 g/mol. The van der Waals surface area contributed by atoms with Crippen LogP contribution in [0.15, 0.2) is 78.9 Å². The third kappa shape index (κ3) is 6.83. The smallest absolute Gasteiger partial charge is 0.0150 e. The third-order valence-electron chi connectivity index (χ3n) is 3.69. The van der Waals surface area contributed by atoms with Crippen molar-refractivity contribution in [3.05, 3.63) is 101 Å². The summed E-state index contributed by atoms with van der Waals surface area (Å²) >= 11 is 0. The molecule has 0 aliphatic rings. The summed E-state index contributed by atoms with van der Waals surface area (Å²) in [7, 11) is 0. The molecule has 0 fully saturated rings. The number of rotatable bonds is 3. The lowest BCUT2D eigenvalue weighted by Crippen LogP contribution is -1.90. The van der Waals surface area contributed by atoms with E-state index in [0.29, 0.717) is 0 Å². The maximum absolute atomic E-state index is 3.85. The van der Waals surface area contributed by atoms with E-state index in [1.54, 1.807) is 0 Å². The van der Waals surface area contributed by atoms with E-state index in [4.69, 9.17) is 0 Å². The quantitative estimate of drug-likeness (QED) is 0.514. The van der Waals surface area contributed by atoms with E-state index in [0.717, 1.165) is 0 Å². The Balaban J connectivity index is 0.000000555. The van der Waals surface area contributed by atoms with Gasteiger partial charge in [0.05, 0.1) is 0 Å². The first-order valence-electron chi connectivity index (χ1n) is 8.04. The zero-order valence-electron chi connectivity index (χ0n) is 15.1. The Morgan fingerprint density at radius 1 is 0.917 bits per heavy atom. The number of hydrogen-bond acceptors (Lipinski definition) is 0. The highest BCUT2D eigenvalue weighted by Gasteiger charge is 2.04. The highest BCUT2D eigenvalue weighted by molar-refractivity contribution is 5.79. The summed E-state index contributed by atoms with van der Waals surface area (Å²) in [6.45, 7) is 14.3. The van der Waals surface area contributed by atoms with Crippen LogP contribution in [0.4, 0.5) is 0 Å². The third-order valence-corrected chi connectivity index (χ3v) is 3.69. The van der Waals surface area contributed by atoms with E-state index in [1.165, 1.54) is 33.4 Å². The highest BCUT2D eigenvalue weighted by Crippen LogP contribution is 2.25. The van der Waals surface area contributed by atoms with Gasteiger partial charge in [-0.3, -0.25) is 0 Å². The van der Waals surface area contributed by atoms with Gasteiger partial charge in [0.25, 0.3) is 0 Å². The molecule has 0 heteroatoms. The first-order chi connectivity index (χ1) is 11.0. The van der Waals surface area contributed by atoms with Crippen LogP contribution >= 0.6 is 0 Å². The molecule has 2 rings (SSSR count). The van der Waals surface area contributed by atoms with Gasteiger partial charge in [-0.15, -0.1) is 0 Å². The fourth-order valence-corrected chi connectivity index (χ4v) is 2.27. The van der Waals surface area contributed by atoms with Gasteiger partial charge < -0.3 is 0 Å². The molecule has 0 aliphatic carbocycles. The molecule has 0 amide bonds. The Kier molecular flexibility index (Phi) is 10.1. The van der Waals surface area contributed by atoms with Crippen LogP contribution in [-0.2, 0) is 0 Å². The Morgan fingerprint density at radius 3 is 2.00 bits per heavy atom. The lowest BCUT2D eigenvalue weighted by molar-refractivity contribution is 1.35. The van der Waals surface area contributed by atoms with Crippen LogP contribution in [0.1, 0.15) is 43.5 Å². The maximum atomic E-state index is 3.85. The van der Waals surface area contributed by atoms with Gasteiger partial charge in [0.2, 0.25) is 0 Å². The van der Waals surface area contributed by atoms with E-state index in [-0.39, 0.29) is 7.43 Å². The summed E-state index contributed by atoms with van der Waals surface area (Å²) in [5.74, 6) is 0. The van der Waals surface area contributed by atoms with Crippen molar-refractivity contribution in [2.45, 2.75) is 42.0 Å². The molecule has 0 heterocycles. The molecule has 0 saturated heterocycles. The van der Waals surface area contributed by atoms with Gasteiger partial charge in [-0.1, -0.05) is 91.9 Å². The molecular formula is C24H32. The van der Waals surface area contributed by atoms with Gasteiger partial charge in [0.15, 0.2) is 0 Å². The minimum absolute atomic E-state index is 0. The van der Waals surface area contributed by atoms with Crippen LogP contribution in [0.3, 0.4) is 0 Å². The SMILES string of the molecule is C.C=C/C(C)=C(\C=C/C)c1cc(C)ccc1C.Cc1ccccc1. The summed E-state index contributed by atoms with van der Waals surface area (Å²) < 4.78 is 0. The summed E-state index contributed by atoms with van der Waals surface area (Å²) in [4.78, 5) is 0. The van der Waals surface area contributed by atoms with Crippen molar-refractivity contribution in [1.82, 2.24) is 0 Å². The van der Waals surface area contributed by atoms with E-state index >= 15 is 0 Å². The average molecular weight is 321 g/mol. The molecule has 0 spiro atoms. The van der Waals surface area contributed by atoms with Gasteiger partial charge in [0.1, 0.15) is 0 Å². The molecule has 0 unspecified atom stereocenters. The predicted octanol–water partition coefficient (Wildman–Crippen LogP) is 7.47. The first-order valence-corrected chi connectivity index (χ1v) is 8.04. The summed E-state index contributed by atoms with van der Waals surface area (Å²) in [6.07, 6.45) is 6.14. The van der Waals surface area contributed by atoms with Gasteiger partial charge >= 0.3 is 0 Å². The van der Waals surface area contributed by atoms with Crippen LogP contribution < -0.4 is 0 Å². The topological polar surface area (TPSA) is 0 Å². The van der Waals surface area contributed by atoms with Crippen LogP contribution in [0.2, 0.25) is 0 Å². The highest BCUT2D eigenvalue weighted by atomic mass is 14.1. The number of benzene rings is 2. The van der Waals surface area contributed by atoms with Gasteiger partial charge in [-0.05, 0) is 56.9 Å². The molecule has 0 atom stereocenters. The van der Waals surface area contributed by atoms with Crippen LogP contribution in [0.25, 0.3) is 5.57 Å². The first kappa shape index (κ1) is 21.7. The maximum Gasteiger partial charge on any atom is -0.0150 e. The van der Waals surface area contributed by atoms with Crippen molar-refractivity contribution in [1.29, 1.82) is 0 Å². The standard InChI is InChI=1S/C16H20.C7H8.CH4/c1-6-8-15(13(4)7-2)16-11-12(3)9-10-14(16)5;1-7-5-3-2-4-6-7;/h6-11H,2H2,1,3-5H3;2-6H,1H3;1H4/b8-6-,15-13+;;. The van der Waals surface area contributed by atoms with Crippen LogP contribution in [0.5, 0.6) is 0 Å². The number of hydrogen-bond donors (Lipinski definition) is 0. The Morgan fingerprint density at radius 2 is 1.54 bits per heavy atom. The van der Waals surface area contributed by atoms with Gasteiger partial charge in [-0.25, -0.2) is 0 Å². The van der Waals surface area contributed by atoms with Gasteiger partial charge in [-0.2, -0.15) is 0 Å². The lowest BCUT2D eigenvalue weighted by atomic mass is 9.94. The van der Waals surface area contributed by atoms with Crippen molar-refractivity contribution < 1.29 is 0 Å². The second kappa shape index (κ2) is 11.2. The molecular weight excluding hydrogens is 288 g/mol. The van der Waals surface area contributed by atoms with Crippen molar-refractivity contribution in [3.63, 3.8) is 0 Å². The summed E-state index contributed by atoms with van der Waals surface area (Å²) in [5, 5.41) is 0. The molecule has 0 radical (unpaired) electrons. The fraction of sp³-hybridized carbons (Fsp3) is 0.250. The van der Waals surface area contributed by atoms with E-state index in [2.05, 4.69) is 76.8 Å². The van der Waals surface area contributed by atoms with E-state index < -0.39 is 0 Å². The van der Waals surface area contributed by atoms with Crippen LogP contribution in [-0.4, -0.2) is 0 Å². The zero-order chi connectivity index (χ0) is 17.2. The Bertz CT molecular complexity index is 685. The Labute approximate surface area is 149 Å². The minimum atomic E-state index is 0. The zero-order valence-corrected chi connectivity index (χ0v) is 15.1. The molecule has 0 aliphatic heterocycles. The van der Waals surface area contributed by atoms with Crippen molar-refractivity contribution in [2.24, 2.45) is 0 Å². The number of allylic oxidation sites excluding steroid dienone is 5. The van der Waals surface area contributed by atoms with Crippen LogP contribution in [0, 0.1) is 20.8 Å². The minimum Gasteiger partial charge on any atom is -0.0988 e. The molecule has 0 bridgehead atoms. The molecule has 2 aromatic rings. The molecule has 0 aromatic heterocycles. The number of aryl methyl sites for hydroxylation is 3. The lowest BCUT2D eigenvalue weighted by Gasteiger charge is -2.10. The van der Waals surface area contributed by atoms with E-state index in [1.807, 2.05) is 31.2 Å². The molecule has 24 heavy (non-hydrogen) atoms. The van der Waals surface area contributed by atoms with Crippen molar-refractivity contribution in [3.8, 4) is 0 Å².